The molecule has 0 unspecified atom stereocenters. The van der Waals surface area contributed by atoms with Gasteiger partial charge in [0.1, 0.15) is 35.3 Å². The zero-order chi connectivity index (χ0) is 31.3. The lowest BCUT2D eigenvalue weighted by molar-refractivity contribution is -0.139. The molecule has 6 heterocycles. The fourth-order valence-corrected chi connectivity index (χ4v) is 5.61. The highest BCUT2D eigenvalue weighted by atomic mass is 35.5. The predicted molar refractivity (Wildman–Crippen MR) is 148 cm³/mol. The molecule has 0 amide bonds. The lowest BCUT2D eigenvalue weighted by Crippen LogP contribution is -2.34. The van der Waals surface area contributed by atoms with E-state index in [4.69, 9.17) is 26.1 Å². The molecule has 0 spiro atoms. The van der Waals surface area contributed by atoms with Crippen molar-refractivity contribution in [2.45, 2.75) is 51.4 Å². The number of rotatable bonds is 8. The Morgan fingerprint density at radius 2 is 1.91 bits per heavy atom. The number of H-pyrrole nitrogens is 1. The Morgan fingerprint density at radius 3 is 2.60 bits per heavy atom. The molecule has 7 rings (SSSR count). The molecular formula is C28H23ClF5N9O2. The summed E-state index contributed by atoms with van der Waals surface area (Å²) in [5, 5.41) is 13.7. The Balaban J connectivity index is 1.16. The maximum Gasteiger partial charge on any atom is 0.421 e. The number of aromatic nitrogens is 8. The molecule has 2 aliphatic heterocycles. The molecule has 1 fully saturated rings. The smallest absolute Gasteiger partial charge is 0.421 e. The van der Waals surface area contributed by atoms with E-state index in [0.717, 1.165) is 30.1 Å². The van der Waals surface area contributed by atoms with Gasteiger partial charge in [-0.15, -0.1) is 10.2 Å². The van der Waals surface area contributed by atoms with E-state index in [9.17, 15) is 22.0 Å². The zero-order valence-corrected chi connectivity index (χ0v) is 24.0. The van der Waals surface area contributed by atoms with Crippen molar-refractivity contribution in [1.29, 1.82) is 0 Å². The second kappa shape index (κ2) is 11.6. The van der Waals surface area contributed by atoms with Crippen molar-refractivity contribution in [3.63, 3.8) is 0 Å². The second-order valence-electron chi connectivity index (χ2n) is 10.8. The Labute approximate surface area is 256 Å². The maximum atomic E-state index is 14.3. The number of tetrazole rings is 1. The zero-order valence-electron chi connectivity index (χ0n) is 23.3. The van der Waals surface area contributed by atoms with Crippen LogP contribution in [-0.4, -0.2) is 64.3 Å². The summed E-state index contributed by atoms with van der Waals surface area (Å²) < 4.78 is 83.6. The summed E-state index contributed by atoms with van der Waals surface area (Å²) in [7, 11) is 0. The first kappa shape index (κ1) is 29.4. The number of nitrogens with zero attached hydrogens (tertiary/aromatic N) is 8. The van der Waals surface area contributed by atoms with Gasteiger partial charge in [-0.25, -0.2) is 18.7 Å². The molecule has 2 aliphatic rings. The fraction of sp³-hybridized carbons (Fsp3) is 0.357. The Morgan fingerprint density at radius 1 is 1.11 bits per heavy atom. The molecule has 0 aliphatic carbocycles. The van der Waals surface area contributed by atoms with Crippen LogP contribution < -0.4 is 4.74 Å². The van der Waals surface area contributed by atoms with Crippen LogP contribution in [0.2, 0.25) is 5.02 Å². The molecule has 1 saturated heterocycles. The van der Waals surface area contributed by atoms with Crippen molar-refractivity contribution >= 4 is 22.6 Å². The van der Waals surface area contributed by atoms with Gasteiger partial charge in [0.15, 0.2) is 0 Å². The first-order valence-electron chi connectivity index (χ1n) is 13.9. The van der Waals surface area contributed by atoms with Crippen molar-refractivity contribution in [2.75, 3.05) is 13.2 Å². The molecule has 0 radical (unpaired) electrons. The number of imidazole rings is 1. The standard InChI is InChI=1S/C28H23ClF5N9O2/c29-15-6-19(30)17(20(31)7-15)13-45-27-18(28(32,33)34)5-14-1-3-42(11-23(14)37-27)12-25-36-21-8-22(26-38-40-41-39-26)35-9-24(21)43(25)10-16-2-4-44-16/h5-9,16H,1-4,10-13H2,(H,38,39,40,41)/t16-/m0/s1. The van der Waals surface area contributed by atoms with Crippen LogP contribution in [-0.2, 0) is 43.6 Å². The number of nitrogens with one attached hydrogen (secondary N) is 1. The van der Waals surface area contributed by atoms with Gasteiger partial charge in [0.2, 0.25) is 11.7 Å². The summed E-state index contributed by atoms with van der Waals surface area (Å²) in [6, 6.07) is 4.48. The third-order valence-electron chi connectivity index (χ3n) is 7.82. The molecule has 4 aromatic heterocycles. The van der Waals surface area contributed by atoms with Gasteiger partial charge in [0.25, 0.3) is 0 Å². The quantitative estimate of drug-likeness (QED) is 0.235. The summed E-state index contributed by atoms with van der Waals surface area (Å²) in [6.07, 6.45) is -1.88. The number of hydrogen-bond acceptors (Lipinski definition) is 9. The summed E-state index contributed by atoms with van der Waals surface area (Å²) in [5.74, 6) is -1.79. The minimum atomic E-state index is -4.80. The van der Waals surface area contributed by atoms with Crippen molar-refractivity contribution in [2.24, 2.45) is 0 Å². The van der Waals surface area contributed by atoms with E-state index < -0.39 is 41.4 Å². The Hall–Kier alpha value is -4.28. The number of fused-ring (bicyclic) bond motifs is 2. The van der Waals surface area contributed by atoms with Gasteiger partial charge in [-0.05, 0) is 47.9 Å². The number of alkyl halides is 3. The second-order valence-corrected chi connectivity index (χ2v) is 11.2. The van der Waals surface area contributed by atoms with E-state index in [-0.39, 0.29) is 17.7 Å². The minimum absolute atomic E-state index is 0.0255. The van der Waals surface area contributed by atoms with Crippen LogP contribution >= 0.6 is 11.6 Å². The van der Waals surface area contributed by atoms with Gasteiger partial charge in [0.05, 0.1) is 47.7 Å². The van der Waals surface area contributed by atoms with E-state index in [2.05, 4.69) is 30.6 Å². The fourth-order valence-electron chi connectivity index (χ4n) is 5.42. The molecule has 11 nitrogen and oxygen atoms in total. The van der Waals surface area contributed by atoms with E-state index in [1.54, 1.807) is 12.3 Å². The van der Waals surface area contributed by atoms with E-state index >= 15 is 0 Å². The minimum Gasteiger partial charge on any atom is -0.472 e. The van der Waals surface area contributed by atoms with Crippen LogP contribution in [0.15, 0.2) is 30.5 Å². The van der Waals surface area contributed by atoms with Crippen LogP contribution in [0.25, 0.3) is 22.6 Å². The summed E-state index contributed by atoms with van der Waals surface area (Å²) in [4.78, 5) is 15.5. The SMILES string of the molecule is Fc1cc(Cl)cc(F)c1COc1nc2c(cc1C(F)(F)F)CCN(Cc1nc3cc(-c4nn[nH]n4)ncc3n1C[C@@H]1CCO1)C2. The van der Waals surface area contributed by atoms with Gasteiger partial charge in [-0.2, -0.15) is 18.4 Å². The molecule has 1 aromatic carbocycles. The lowest BCUT2D eigenvalue weighted by Gasteiger charge is -2.30. The largest absolute Gasteiger partial charge is 0.472 e. The van der Waals surface area contributed by atoms with Gasteiger partial charge >= 0.3 is 6.18 Å². The van der Waals surface area contributed by atoms with Crippen LogP contribution in [0.5, 0.6) is 5.88 Å². The molecule has 1 atom stereocenters. The molecule has 0 saturated carbocycles. The van der Waals surface area contributed by atoms with Gasteiger partial charge < -0.3 is 14.0 Å². The molecule has 17 heteroatoms. The average Bonchev–Trinajstić information content (AvgIpc) is 3.61. The number of ether oxygens (including phenoxy) is 2. The number of hydrogen-bond donors (Lipinski definition) is 1. The molecule has 0 bridgehead atoms. The van der Waals surface area contributed by atoms with Crippen LogP contribution in [0, 0.1) is 11.6 Å². The summed E-state index contributed by atoms with van der Waals surface area (Å²) in [6.45, 7) is 1.44. The van der Waals surface area contributed by atoms with Gasteiger partial charge in [-0.3, -0.25) is 9.88 Å². The summed E-state index contributed by atoms with van der Waals surface area (Å²) >= 11 is 5.66. The molecule has 45 heavy (non-hydrogen) atoms. The van der Waals surface area contributed by atoms with Crippen molar-refractivity contribution in [1.82, 2.24) is 45.0 Å². The normalized spacial score (nSPS) is 17.0. The molecule has 234 valence electrons. The topological polar surface area (TPSA) is 120 Å². The van der Waals surface area contributed by atoms with E-state index in [1.807, 2.05) is 9.47 Å². The van der Waals surface area contributed by atoms with Gasteiger partial charge in [-0.1, -0.05) is 11.6 Å². The van der Waals surface area contributed by atoms with E-state index in [0.29, 0.717) is 66.8 Å². The highest BCUT2D eigenvalue weighted by molar-refractivity contribution is 6.30. The van der Waals surface area contributed by atoms with Crippen LogP contribution in [0.1, 0.15) is 34.6 Å². The first-order chi connectivity index (χ1) is 21.6. The molecule has 5 aromatic rings. The summed E-state index contributed by atoms with van der Waals surface area (Å²) in [5.41, 5.74) is 1.07. The highest BCUT2D eigenvalue weighted by Crippen LogP contribution is 2.38. The molecular weight excluding hydrogens is 625 g/mol. The van der Waals surface area contributed by atoms with Crippen molar-refractivity contribution in [3.05, 3.63) is 75.3 Å². The Bertz CT molecular complexity index is 1860. The van der Waals surface area contributed by atoms with E-state index in [1.165, 1.54) is 0 Å². The van der Waals surface area contributed by atoms with Crippen LogP contribution in [0.4, 0.5) is 22.0 Å². The lowest BCUT2D eigenvalue weighted by atomic mass is 10.0. The average molecular weight is 648 g/mol. The van der Waals surface area contributed by atoms with Gasteiger partial charge in [0, 0.05) is 24.7 Å². The van der Waals surface area contributed by atoms with Crippen molar-refractivity contribution in [3.8, 4) is 17.4 Å². The number of benzene rings is 1. The first-order valence-corrected chi connectivity index (χ1v) is 14.3. The third-order valence-corrected chi connectivity index (χ3v) is 8.04. The Kier molecular flexibility index (Phi) is 7.57. The number of pyridine rings is 2. The number of aromatic amines is 1. The van der Waals surface area contributed by atoms with Crippen molar-refractivity contribution < 1.29 is 31.4 Å². The third kappa shape index (κ3) is 5.92. The monoisotopic (exact) mass is 647 g/mol. The van der Waals surface area contributed by atoms with Crippen LogP contribution in [0.3, 0.4) is 0 Å². The number of halogens is 6. The predicted octanol–water partition coefficient (Wildman–Crippen LogP) is 4.88. The maximum absolute atomic E-state index is 14.3. The highest BCUT2D eigenvalue weighted by Gasteiger charge is 2.37. The molecule has 1 N–H and O–H groups in total.